The molecular formula is C21H33NO5. The summed E-state index contributed by atoms with van der Waals surface area (Å²) in [7, 11) is 3.08. The number of hydrogen-bond acceptors (Lipinski definition) is 4. The highest BCUT2D eigenvalue weighted by molar-refractivity contribution is 5.82. The van der Waals surface area contributed by atoms with E-state index in [-0.39, 0.29) is 17.6 Å². The van der Waals surface area contributed by atoms with Gasteiger partial charge in [-0.1, -0.05) is 19.4 Å². The summed E-state index contributed by atoms with van der Waals surface area (Å²) in [6.45, 7) is 6.05. The summed E-state index contributed by atoms with van der Waals surface area (Å²) >= 11 is 0. The predicted molar refractivity (Wildman–Crippen MR) is 104 cm³/mol. The van der Waals surface area contributed by atoms with Gasteiger partial charge >= 0.3 is 6.09 Å². The van der Waals surface area contributed by atoms with E-state index >= 15 is 0 Å². The fourth-order valence-corrected chi connectivity index (χ4v) is 4.49. The molecule has 1 unspecified atom stereocenters. The van der Waals surface area contributed by atoms with Gasteiger partial charge < -0.3 is 14.6 Å². The molecule has 1 N–H and O–H groups in total. The number of rotatable bonds is 10. The van der Waals surface area contributed by atoms with E-state index in [2.05, 4.69) is 5.92 Å². The Morgan fingerprint density at radius 3 is 2.59 bits per heavy atom. The molecule has 1 fully saturated rings. The van der Waals surface area contributed by atoms with E-state index in [4.69, 9.17) is 15.9 Å². The first kappa shape index (κ1) is 23.2. The Bertz CT molecular complexity index is 596. The van der Waals surface area contributed by atoms with Gasteiger partial charge in [-0.25, -0.2) is 4.79 Å². The lowest BCUT2D eigenvalue weighted by Crippen LogP contribution is -2.59. The Labute approximate surface area is 162 Å². The van der Waals surface area contributed by atoms with E-state index in [0.29, 0.717) is 32.2 Å². The Balaban J connectivity index is 3.45. The van der Waals surface area contributed by atoms with E-state index in [9.17, 15) is 14.7 Å². The number of nitrogens with zero attached hydrogens (tertiary/aromatic N) is 1. The molecule has 27 heavy (non-hydrogen) atoms. The molecule has 1 rings (SSSR count). The Hall–Kier alpha value is -1.84. The second kappa shape index (κ2) is 9.91. The SMILES string of the molecule is C#CCCC(=O)[C@@H](CCC)C(C)(OC)[C@@H]1CCN(C(=O)O)[C@]1(/C=C\C)OC. The molecular weight excluding hydrogens is 346 g/mol. The van der Waals surface area contributed by atoms with Gasteiger partial charge in [0.2, 0.25) is 0 Å². The highest BCUT2D eigenvalue weighted by Gasteiger charge is 2.60. The molecule has 0 spiro atoms. The lowest BCUT2D eigenvalue weighted by molar-refractivity contribution is -0.178. The lowest BCUT2D eigenvalue weighted by Gasteiger charge is -2.48. The zero-order chi connectivity index (χ0) is 20.7. The summed E-state index contributed by atoms with van der Waals surface area (Å²) < 4.78 is 11.8. The van der Waals surface area contributed by atoms with Gasteiger partial charge in [-0.15, -0.1) is 12.3 Å². The summed E-state index contributed by atoms with van der Waals surface area (Å²) in [6, 6.07) is 0. The molecule has 4 atom stereocenters. The fraction of sp³-hybridized carbons (Fsp3) is 0.714. The Morgan fingerprint density at radius 1 is 1.48 bits per heavy atom. The number of likely N-dealkylation sites (tertiary alicyclic amines) is 1. The lowest BCUT2D eigenvalue weighted by atomic mass is 9.69. The molecule has 0 radical (unpaired) electrons. The standard InChI is InChI=1S/C21H33NO5/c1-7-10-12-17(23)16(11-8-2)20(4,26-5)18-13-15-22(19(24)25)21(18,27-6)14-9-3/h1,9,14,16,18H,8,10-13,15H2,2-6H3,(H,24,25)/b14-9-/t16-,18+,20?,21-/m1/s1. The first-order valence-corrected chi connectivity index (χ1v) is 9.49. The number of ether oxygens (including phenoxy) is 2. The summed E-state index contributed by atoms with van der Waals surface area (Å²) in [5.41, 5.74) is -2.06. The van der Waals surface area contributed by atoms with Crippen LogP contribution in [0.1, 0.15) is 52.9 Å². The van der Waals surface area contributed by atoms with Crippen molar-refractivity contribution in [3.63, 3.8) is 0 Å². The third kappa shape index (κ3) is 4.36. The number of amides is 1. The van der Waals surface area contributed by atoms with Gasteiger partial charge in [0, 0.05) is 45.4 Å². The average molecular weight is 379 g/mol. The van der Waals surface area contributed by atoms with Crippen LogP contribution in [0.25, 0.3) is 0 Å². The number of carbonyl (C=O) groups is 2. The van der Waals surface area contributed by atoms with Crippen molar-refractivity contribution in [3.8, 4) is 12.3 Å². The van der Waals surface area contributed by atoms with E-state index in [1.807, 2.05) is 20.8 Å². The Kier molecular flexibility index (Phi) is 8.52. The molecule has 1 heterocycles. The van der Waals surface area contributed by atoms with Crippen molar-refractivity contribution in [3.05, 3.63) is 12.2 Å². The second-order valence-corrected chi connectivity index (χ2v) is 7.13. The van der Waals surface area contributed by atoms with Crippen molar-refractivity contribution in [2.45, 2.75) is 64.2 Å². The summed E-state index contributed by atoms with van der Waals surface area (Å²) in [5, 5.41) is 9.71. The number of allylic oxidation sites excluding steroid dienone is 1. The van der Waals surface area contributed by atoms with Crippen LogP contribution in [0, 0.1) is 24.2 Å². The molecule has 1 aliphatic rings. The van der Waals surface area contributed by atoms with Crippen LogP contribution in [0.4, 0.5) is 4.79 Å². The number of methoxy groups -OCH3 is 2. The van der Waals surface area contributed by atoms with Gasteiger partial charge in [0.05, 0.1) is 5.60 Å². The zero-order valence-electron chi connectivity index (χ0n) is 17.2. The van der Waals surface area contributed by atoms with Crippen LogP contribution < -0.4 is 0 Å². The van der Waals surface area contributed by atoms with Crippen LogP contribution >= 0.6 is 0 Å². The van der Waals surface area contributed by atoms with E-state index < -0.39 is 17.4 Å². The number of carbonyl (C=O) groups excluding carboxylic acids is 1. The molecule has 0 saturated carbocycles. The van der Waals surface area contributed by atoms with Gasteiger partial charge in [0.15, 0.2) is 5.72 Å². The van der Waals surface area contributed by atoms with Gasteiger partial charge in [-0.05, 0) is 32.8 Å². The maximum absolute atomic E-state index is 13.0. The fourth-order valence-electron chi connectivity index (χ4n) is 4.49. The molecule has 0 aliphatic carbocycles. The maximum Gasteiger partial charge on any atom is 0.409 e. The van der Waals surface area contributed by atoms with E-state index in [1.54, 1.807) is 19.3 Å². The van der Waals surface area contributed by atoms with Gasteiger partial charge in [-0.3, -0.25) is 9.69 Å². The minimum Gasteiger partial charge on any atom is -0.465 e. The first-order chi connectivity index (χ1) is 12.8. The van der Waals surface area contributed by atoms with E-state index in [0.717, 1.165) is 6.42 Å². The minimum atomic E-state index is -1.18. The second-order valence-electron chi connectivity index (χ2n) is 7.13. The summed E-state index contributed by atoms with van der Waals surface area (Å²) in [4.78, 5) is 26.1. The number of carboxylic acid groups (broad SMARTS) is 1. The van der Waals surface area contributed by atoms with Crippen LogP contribution in [0.5, 0.6) is 0 Å². The van der Waals surface area contributed by atoms with Gasteiger partial charge in [-0.2, -0.15) is 0 Å². The van der Waals surface area contributed by atoms with Crippen molar-refractivity contribution < 1.29 is 24.2 Å². The smallest absolute Gasteiger partial charge is 0.409 e. The quantitative estimate of drug-likeness (QED) is 0.462. The molecule has 6 heteroatoms. The highest BCUT2D eigenvalue weighted by Crippen LogP contribution is 2.48. The molecule has 1 amide bonds. The van der Waals surface area contributed by atoms with Gasteiger partial charge in [0.25, 0.3) is 0 Å². The van der Waals surface area contributed by atoms with Crippen molar-refractivity contribution in [2.75, 3.05) is 20.8 Å². The van der Waals surface area contributed by atoms with Crippen molar-refractivity contribution in [2.24, 2.45) is 11.8 Å². The third-order valence-corrected chi connectivity index (χ3v) is 5.83. The molecule has 1 saturated heterocycles. The average Bonchev–Trinajstić information content (AvgIpc) is 3.04. The summed E-state index contributed by atoms with van der Waals surface area (Å²) in [5.74, 6) is 1.85. The summed E-state index contributed by atoms with van der Waals surface area (Å²) in [6.07, 6.45) is 10.5. The Morgan fingerprint density at radius 2 is 2.15 bits per heavy atom. The molecule has 1 aliphatic heterocycles. The first-order valence-electron chi connectivity index (χ1n) is 9.49. The van der Waals surface area contributed by atoms with Crippen LogP contribution in [0.3, 0.4) is 0 Å². The van der Waals surface area contributed by atoms with Gasteiger partial charge in [0.1, 0.15) is 5.78 Å². The number of terminal acetylenes is 1. The van der Waals surface area contributed by atoms with Crippen LogP contribution in [0.2, 0.25) is 0 Å². The highest BCUT2D eigenvalue weighted by atomic mass is 16.5. The molecule has 0 aromatic rings. The predicted octanol–water partition coefficient (Wildman–Crippen LogP) is 3.71. The molecule has 0 bridgehead atoms. The monoisotopic (exact) mass is 379 g/mol. The topological polar surface area (TPSA) is 76.1 Å². The molecule has 152 valence electrons. The maximum atomic E-state index is 13.0. The number of Topliss-reactive ketones (excluding diaryl/α,β-unsaturated/α-hetero) is 1. The largest absolute Gasteiger partial charge is 0.465 e. The third-order valence-electron chi connectivity index (χ3n) is 5.83. The van der Waals surface area contributed by atoms with Crippen molar-refractivity contribution >= 4 is 11.9 Å². The number of ketones is 1. The number of hydrogen-bond donors (Lipinski definition) is 1. The van der Waals surface area contributed by atoms with Crippen LogP contribution in [-0.4, -0.2) is 54.0 Å². The minimum absolute atomic E-state index is 0.0541. The zero-order valence-corrected chi connectivity index (χ0v) is 17.2. The van der Waals surface area contributed by atoms with Crippen LogP contribution in [-0.2, 0) is 14.3 Å². The molecule has 6 nitrogen and oxygen atoms in total. The molecule has 0 aromatic heterocycles. The van der Waals surface area contributed by atoms with E-state index in [1.165, 1.54) is 12.0 Å². The normalized spacial score (nSPS) is 25.9. The molecule has 0 aromatic carbocycles. The van der Waals surface area contributed by atoms with Crippen molar-refractivity contribution in [1.29, 1.82) is 0 Å². The van der Waals surface area contributed by atoms with Crippen molar-refractivity contribution in [1.82, 2.24) is 4.90 Å². The van der Waals surface area contributed by atoms with Crippen LogP contribution in [0.15, 0.2) is 12.2 Å².